The molecule has 0 radical (unpaired) electrons. The summed E-state index contributed by atoms with van der Waals surface area (Å²) in [4.78, 5) is 59.8. The Hall–Kier alpha value is -3.54. The maximum Gasteiger partial charge on any atom is 0.313 e. The highest BCUT2D eigenvalue weighted by molar-refractivity contribution is 5.99. The van der Waals surface area contributed by atoms with Crippen molar-refractivity contribution in [1.29, 1.82) is 0 Å². The van der Waals surface area contributed by atoms with Gasteiger partial charge in [0, 0.05) is 26.1 Å². The number of amides is 3. The molecule has 1 aromatic carbocycles. The van der Waals surface area contributed by atoms with Gasteiger partial charge < -0.3 is 34.4 Å². The number of likely N-dealkylation sites (tertiary alicyclic amines) is 1. The number of methoxy groups -OCH3 is 1. The third kappa shape index (κ3) is 6.12. The molecule has 0 bridgehead atoms. The van der Waals surface area contributed by atoms with E-state index in [1.165, 1.54) is 12.0 Å². The first kappa shape index (κ1) is 33.8. The zero-order valence-corrected chi connectivity index (χ0v) is 27.2. The first-order chi connectivity index (χ1) is 22.2. The molecule has 11 nitrogen and oxygen atoms in total. The highest BCUT2D eigenvalue weighted by atomic mass is 16.6. The molecule has 1 unspecified atom stereocenters. The third-order valence-electron chi connectivity index (χ3n) is 9.84. The van der Waals surface area contributed by atoms with Gasteiger partial charge in [-0.15, -0.1) is 0 Å². The summed E-state index contributed by atoms with van der Waals surface area (Å²) in [6, 6.07) is 6.61. The van der Waals surface area contributed by atoms with Gasteiger partial charge in [0.2, 0.25) is 17.7 Å². The van der Waals surface area contributed by atoms with Gasteiger partial charge in [0.15, 0.2) is 0 Å². The summed E-state index contributed by atoms with van der Waals surface area (Å²) >= 11 is 0. The maximum absolute atomic E-state index is 14.6. The van der Waals surface area contributed by atoms with Gasteiger partial charge in [-0.25, -0.2) is 0 Å². The fraction of sp³-hybridized carbons (Fsp3) is 0.600. The molecular formula is C35H47N3O8. The van der Waals surface area contributed by atoms with Gasteiger partial charge in [0.05, 0.1) is 37.3 Å². The Balaban J connectivity index is 1.62. The van der Waals surface area contributed by atoms with E-state index in [-0.39, 0.29) is 37.5 Å². The molecule has 2 N–H and O–H groups in total. The normalized spacial score (nSPS) is 33.5. The molecule has 11 heteroatoms. The predicted octanol–water partition coefficient (Wildman–Crippen LogP) is 2.69. The predicted molar refractivity (Wildman–Crippen MR) is 169 cm³/mol. The molecule has 5 rings (SSSR count). The summed E-state index contributed by atoms with van der Waals surface area (Å²) in [5, 5.41) is 13.4. The summed E-state index contributed by atoms with van der Waals surface area (Å²) in [5.41, 5.74) is -0.803. The molecule has 4 heterocycles. The minimum absolute atomic E-state index is 0.0822. The van der Waals surface area contributed by atoms with Gasteiger partial charge in [-0.05, 0) is 31.7 Å². The van der Waals surface area contributed by atoms with E-state index in [9.17, 15) is 24.3 Å². The van der Waals surface area contributed by atoms with E-state index in [1.54, 1.807) is 23.1 Å². The standard InChI is InChI=1S/C35H47N3O8/c1-5-13-22(3)37-19-12-18-35-29(32(41)38(24(6-2)20-39)31(35)33(37)42)28-26(46-35)16-10-11-17-27(40)36-25(21-44-4)30(45-34(28)43)23-14-8-7-9-15-23/h7-10,12,14-16,18,22,24-26,28-31,39H,5-6,11,13,17,19-21H2,1-4H3,(H,36,40)/b16-10-/t22?,24-,25-,26-,28+,29+,30-,31-,35+/m0/s1. The topological polar surface area (TPSA) is 135 Å². The van der Waals surface area contributed by atoms with Crippen molar-refractivity contribution < 1.29 is 38.5 Å². The number of aliphatic hydroxyl groups is 1. The number of rotatable bonds is 9. The smallest absolute Gasteiger partial charge is 0.313 e. The van der Waals surface area contributed by atoms with E-state index >= 15 is 0 Å². The first-order valence-corrected chi connectivity index (χ1v) is 16.5. The number of carbonyl (C=O) groups is 4. The van der Waals surface area contributed by atoms with E-state index in [0.717, 1.165) is 12.8 Å². The number of nitrogens with one attached hydrogen (secondary N) is 1. The first-order valence-electron chi connectivity index (χ1n) is 16.5. The van der Waals surface area contributed by atoms with Crippen molar-refractivity contribution in [2.45, 2.75) is 94.9 Å². The van der Waals surface area contributed by atoms with Gasteiger partial charge in [0.1, 0.15) is 23.7 Å². The lowest BCUT2D eigenvalue weighted by molar-refractivity contribution is -0.163. The van der Waals surface area contributed by atoms with Crippen LogP contribution in [0.5, 0.6) is 0 Å². The molecule has 1 spiro atoms. The van der Waals surface area contributed by atoms with E-state index in [1.807, 2.05) is 50.3 Å². The van der Waals surface area contributed by atoms with E-state index < -0.39 is 59.6 Å². The molecule has 1 aromatic rings. The Morgan fingerprint density at radius 3 is 2.54 bits per heavy atom. The Morgan fingerprint density at radius 1 is 1.11 bits per heavy atom. The van der Waals surface area contributed by atoms with E-state index in [0.29, 0.717) is 24.9 Å². The number of aliphatic hydroxyl groups excluding tert-OH is 1. The lowest BCUT2D eigenvalue weighted by atomic mass is 9.77. The molecule has 9 atom stereocenters. The Bertz CT molecular complexity index is 1330. The second kappa shape index (κ2) is 14.5. The minimum atomic E-state index is -1.46. The van der Waals surface area contributed by atoms with Crippen molar-refractivity contribution in [1.82, 2.24) is 15.1 Å². The van der Waals surface area contributed by atoms with Crippen LogP contribution in [0.2, 0.25) is 0 Å². The van der Waals surface area contributed by atoms with Crippen molar-refractivity contribution in [2.24, 2.45) is 11.8 Å². The molecule has 2 saturated heterocycles. The number of allylic oxidation sites excluding steroid dienone is 1. The van der Waals surface area contributed by atoms with Gasteiger partial charge in [0.25, 0.3) is 0 Å². The number of esters is 1. The molecule has 4 aliphatic rings. The molecule has 250 valence electrons. The summed E-state index contributed by atoms with van der Waals surface area (Å²) in [6.45, 7) is 5.99. The zero-order chi connectivity index (χ0) is 33.0. The highest BCUT2D eigenvalue weighted by Crippen LogP contribution is 2.54. The zero-order valence-electron chi connectivity index (χ0n) is 27.2. The number of nitrogens with zero attached hydrogens (tertiary/aromatic N) is 2. The third-order valence-corrected chi connectivity index (χ3v) is 9.84. The second-order valence-corrected chi connectivity index (χ2v) is 12.7. The summed E-state index contributed by atoms with van der Waals surface area (Å²) in [5.74, 6) is -3.74. The number of ether oxygens (including phenoxy) is 3. The monoisotopic (exact) mass is 637 g/mol. The molecule has 0 aromatic heterocycles. The number of hydrogen-bond acceptors (Lipinski definition) is 8. The molecule has 0 saturated carbocycles. The average molecular weight is 638 g/mol. The lowest BCUT2D eigenvalue weighted by Gasteiger charge is -2.39. The lowest BCUT2D eigenvalue weighted by Crippen LogP contribution is -2.59. The van der Waals surface area contributed by atoms with Crippen LogP contribution in [-0.2, 0) is 33.4 Å². The second-order valence-electron chi connectivity index (χ2n) is 12.7. The number of fused-ring (bicyclic) bond motifs is 2. The van der Waals surface area contributed by atoms with Crippen molar-refractivity contribution in [2.75, 3.05) is 26.9 Å². The van der Waals surface area contributed by atoms with Gasteiger partial charge in [-0.3, -0.25) is 19.2 Å². The maximum atomic E-state index is 14.6. The fourth-order valence-corrected chi connectivity index (χ4v) is 7.62. The van der Waals surface area contributed by atoms with Crippen molar-refractivity contribution in [3.63, 3.8) is 0 Å². The summed E-state index contributed by atoms with van der Waals surface area (Å²) in [7, 11) is 1.51. The number of hydrogen-bond donors (Lipinski definition) is 2. The molecule has 0 aliphatic carbocycles. The van der Waals surface area contributed by atoms with Gasteiger partial charge >= 0.3 is 5.97 Å². The number of carbonyl (C=O) groups excluding carboxylic acids is 4. The quantitative estimate of drug-likeness (QED) is 0.312. The largest absolute Gasteiger partial charge is 0.455 e. The molecule has 3 amide bonds. The highest BCUT2D eigenvalue weighted by Gasteiger charge is 2.72. The fourth-order valence-electron chi connectivity index (χ4n) is 7.62. The van der Waals surface area contributed by atoms with Crippen LogP contribution in [0.25, 0.3) is 0 Å². The Kier molecular flexibility index (Phi) is 10.6. The molecule has 4 aliphatic heterocycles. The van der Waals surface area contributed by atoms with Crippen LogP contribution in [0.4, 0.5) is 0 Å². The van der Waals surface area contributed by atoms with Gasteiger partial charge in [-0.2, -0.15) is 0 Å². The minimum Gasteiger partial charge on any atom is -0.455 e. The van der Waals surface area contributed by atoms with Crippen molar-refractivity contribution in [3.8, 4) is 0 Å². The van der Waals surface area contributed by atoms with E-state index in [2.05, 4.69) is 12.2 Å². The van der Waals surface area contributed by atoms with Crippen LogP contribution >= 0.6 is 0 Å². The van der Waals surface area contributed by atoms with Crippen LogP contribution in [0, 0.1) is 11.8 Å². The van der Waals surface area contributed by atoms with E-state index in [4.69, 9.17) is 14.2 Å². The van der Waals surface area contributed by atoms with Crippen LogP contribution in [0.1, 0.15) is 64.5 Å². The SMILES string of the molecule is CCCC(C)N1CC=C[C@@]23O[C@H]4/C=C\CCC(=O)N[C@@H](COC)[C@H](c5ccccc5)OC(=O)[C@H]4[C@@H]2C(=O)N([C@@H](CC)CO)[C@H]3C1=O. The van der Waals surface area contributed by atoms with Crippen molar-refractivity contribution >= 4 is 23.7 Å². The van der Waals surface area contributed by atoms with Crippen molar-refractivity contribution in [3.05, 3.63) is 60.2 Å². The summed E-state index contributed by atoms with van der Waals surface area (Å²) < 4.78 is 18.5. The average Bonchev–Trinajstić information content (AvgIpc) is 3.43. The van der Waals surface area contributed by atoms with Gasteiger partial charge in [-0.1, -0.05) is 74.9 Å². The van der Waals surface area contributed by atoms with Crippen LogP contribution in [0.3, 0.4) is 0 Å². The molecular weight excluding hydrogens is 590 g/mol. The number of cyclic esters (lactones) is 1. The summed E-state index contributed by atoms with van der Waals surface area (Å²) in [6.07, 6.45) is 7.98. The Labute approximate surface area is 270 Å². The Morgan fingerprint density at radius 2 is 1.87 bits per heavy atom. The number of benzene rings is 1. The van der Waals surface area contributed by atoms with Crippen LogP contribution in [0.15, 0.2) is 54.6 Å². The molecule has 2 fully saturated rings. The van der Waals surface area contributed by atoms with Crippen LogP contribution < -0.4 is 5.32 Å². The molecule has 46 heavy (non-hydrogen) atoms. The van der Waals surface area contributed by atoms with Crippen LogP contribution in [-0.4, -0.2) is 101 Å².